The Morgan fingerprint density at radius 2 is 1.96 bits per heavy atom. The lowest BCUT2D eigenvalue weighted by molar-refractivity contribution is -0.385. The second kappa shape index (κ2) is 9.77. The van der Waals surface area contributed by atoms with Crippen molar-refractivity contribution >= 4 is 33.7 Å². The SMILES string of the molecule is CC(=O)c1cccc(OCCCCOc2cc([N+](=O)[O-])c(C=O)cc2Br)n1. The Labute approximate surface area is 163 Å². The molecule has 0 aliphatic carbocycles. The maximum absolute atomic E-state index is 11.3. The Bertz CT molecular complexity index is 856. The number of rotatable bonds is 10. The summed E-state index contributed by atoms with van der Waals surface area (Å²) in [4.78, 5) is 36.6. The molecular weight excluding hydrogens is 420 g/mol. The number of ether oxygens (including phenoxy) is 2. The fourth-order valence-corrected chi connectivity index (χ4v) is 2.65. The van der Waals surface area contributed by atoms with Crippen molar-refractivity contribution in [1.29, 1.82) is 0 Å². The van der Waals surface area contributed by atoms with E-state index < -0.39 is 4.92 Å². The van der Waals surface area contributed by atoms with Crippen molar-refractivity contribution < 1.29 is 24.0 Å². The van der Waals surface area contributed by atoms with Crippen LogP contribution in [0.15, 0.2) is 34.8 Å². The molecule has 0 saturated heterocycles. The standard InChI is InChI=1S/C18H17BrN2O6/c1-12(23)15-5-4-6-18(20-15)27-8-3-2-7-26-17-10-16(21(24)25)13(11-22)9-14(17)19/h4-6,9-11H,2-3,7-8H2,1H3. The van der Waals surface area contributed by atoms with Gasteiger partial charge in [-0.05, 0) is 40.9 Å². The number of benzene rings is 1. The minimum Gasteiger partial charge on any atom is -0.492 e. The number of carbonyl (C=O) groups is 2. The number of Topliss-reactive ketones (excluding diaryl/α,β-unsaturated/α-hetero) is 1. The van der Waals surface area contributed by atoms with Crippen LogP contribution in [-0.2, 0) is 0 Å². The van der Waals surface area contributed by atoms with Crippen LogP contribution in [0.25, 0.3) is 0 Å². The quantitative estimate of drug-likeness (QED) is 0.182. The molecule has 0 radical (unpaired) electrons. The largest absolute Gasteiger partial charge is 0.492 e. The van der Waals surface area contributed by atoms with Crippen molar-refractivity contribution in [3.05, 3.63) is 56.2 Å². The molecule has 0 aliphatic rings. The van der Waals surface area contributed by atoms with E-state index >= 15 is 0 Å². The van der Waals surface area contributed by atoms with E-state index in [1.54, 1.807) is 18.2 Å². The smallest absolute Gasteiger partial charge is 0.283 e. The first-order chi connectivity index (χ1) is 12.9. The van der Waals surface area contributed by atoms with Crippen LogP contribution in [0, 0.1) is 10.1 Å². The summed E-state index contributed by atoms with van der Waals surface area (Å²) < 4.78 is 11.5. The lowest BCUT2D eigenvalue weighted by Crippen LogP contribution is -2.05. The van der Waals surface area contributed by atoms with Gasteiger partial charge in [-0.15, -0.1) is 0 Å². The van der Waals surface area contributed by atoms with E-state index in [2.05, 4.69) is 20.9 Å². The molecule has 2 aromatic rings. The number of aromatic nitrogens is 1. The number of pyridine rings is 1. The van der Waals surface area contributed by atoms with Gasteiger partial charge in [-0.25, -0.2) is 4.98 Å². The van der Waals surface area contributed by atoms with Gasteiger partial charge < -0.3 is 9.47 Å². The Morgan fingerprint density at radius 1 is 1.26 bits per heavy atom. The highest BCUT2D eigenvalue weighted by Crippen LogP contribution is 2.32. The second-order valence-corrected chi connectivity index (χ2v) is 6.39. The molecule has 0 atom stereocenters. The fourth-order valence-electron chi connectivity index (χ4n) is 2.18. The van der Waals surface area contributed by atoms with Gasteiger partial charge in [0.05, 0.1) is 34.2 Å². The number of aldehydes is 1. The molecule has 0 spiro atoms. The minimum atomic E-state index is -0.626. The monoisotopic (exact) mass is 436 g/mol. The van der Waals surface area contributed by atoms with Crippen LogP contribution in [0.1, 0.15) is 40.6 Å². The number of carbonyl (C=O) groups excluding carboxylic acids is 2. The average Bonchev–Trinajstić information content (AvgIpc) is 2.65. The van der Waals surface area contributed by atoms with Gasteiger partial charge >= 0.3 is 0 Å². The van der Waals surface area contributed by atoms with Gasteiger partial charge in [-0.3, -0.25) is 19.7 Å². The van der Waals surface area contributed by atoms with Gasteiger partial charge in [-0.1, -0.05) is 6.07 Å². The summed E-state index contributed by atoms with van der Waals surface area (Å²) in [6.07, 6.45) is 1.74. The topological polar surface area (TPSA) is 109 Å². The Kier molecular flexibility index (Phi) is 7.42. The molecule has 0 unspecified atom stereocenters. The number of unbranched alkanes of at least 4 members (excludes halogenated alkanes) is 1. The molecule has 142 valence electrons. The molecular formula is C18H17BrN2O6. The van der Waals surface area contributed by atoms with E-state index in [1.807, 2.05) is 0 Å². The van der Waals surface area contributed by atoms with E-state index in [0.717, 1.165) is 0 Å². The molecule has 1 aromatic carbocycles. The number of hydrogen-bond donors (Lipinski definition) is 0. The molecule has 0 aliphatic heterocycles. The first-order valence-electron chi connectivity index (χ1n) is 8.09. The highest BCUT2D eigenvalue weighted by Gasteiger charge is 2.17. The molecule has 8 nitrogen and oxygen atoms in total. The Balaban J connectivity index is 1.81. The van der Waals surface area contributed by atoms with E-state index in [1.165, 1.54) is 19.1 Å². The fraction of sp³-hybridized carbons (Fsp3) is 0.278. The zero-order valence-corrected chi connectivity index (χ0v) is 16.1. The van der Waals surface area contributed by atoms with Gasteiger partial charge in [-0.2, -0.15) is 0 Å². The zero-order valence-electron chi connectivity index (χ0n) is 14.5. The predicted octanol–water partition coefficient (Wildman–Crippen LogP) is 4.01. The number of nitro groups is 1. The van der Waals surface area contributed by atoms with Crippen molar-refractivity contribution in [2.75, 3.05) is 13.2 Å². The average molecular weight is 437 g/mol. The van der Waals surface area contributed by atoms with Crippen molar-refractivity contribution in [3.8, 4) is 11.6 Å². The maximum Gasteiger partial charge on any atom is 0.283 e. The molecule has 0 fully saturated rings. The predicted molar refractivity (Wildman–Crippen MR) is 101 cm³/mol. The summed E-state index contributed by atoms with van der Waals surface area (Å²) in [6, 6.07) is 7.58. The number of halogens is 1. The third kappa shape index (κ3) is 5.85. The number of nitrogens with zero attached hydrogens (tertiary/aromatic N) is 2. The van der Waals surface area contributed by atoms with Crippen LogP contribution in [0.3, 0.4) is 0 Å². The summed E-state index contributed by atoms with van der Waals surface area (Å²) in [5, 5.41) is 11.0. The van der Waals surface area contributed by atoms with Gasteiger partial charge in [0.15, 0.2) is 12.1 Å². The molecule has 0 N–H and O–H groups in total. The van der Waals surface area contributed by atoms with Crippen LogP contribution in [0.5, 0.6) is 11.6 Å². The third-order valence-electron chi connectivity index (χ3n) is 3.54. The summed E-state index contributed by atoms with van der Waals surface area (Å²) in [5.41, 5.74) is 0.0249. The summed E-state index contributed by atoms with van der Waals surface area (Å²) >= 11 is 3.24. The van der Waals surface area contributed by atoms with Crippen molar-refractivity contribution in [2.24, 2.45) is 0 Å². The normalized spacial score (nSPS) is 10.3. The van der Waals surface area contributed by atoms with E-state index in [9.17, 15) is 19.7 Å². The Morgan fingerprint density at radius 3 is 2.59 bits per heavy atom. The second-order valence-electron chi connectivity index (χ2n) is 5.54. The lowest BCUT2D eigenvalue weighted by atomic mass is 10.2. The van der Waals surface area contributed by atoms with E-state index in [4.69, 9.17) is 9.47 Å². The highest BCUT2D eigenvalue weighted by molar-refractivity contribution is 9.10. The number of ketones is 1. The van der Waals surface area contributed by atoms with Crippen LogP contribution < -0.4 is 9.47 Å². The molecule has 0 bridgehead atoms. The Hall–Kier alpha value is -2.81. The molecule has 2 rings (SSSR count). The van der Waals surface area contributed by atoms with Crippen molar-refractivity contribution in [2.45, 2.75) is 19.8 Å². The third-order valence-corrected chi connectivity index (χ3v) is 4.15. The molecule has 9 heteroatoms. The molecule has 27 heavy (non-hydrogen) atoms. The van der Waals surface area contributed by atoms with Gasteiger partial charge in [0.25, 0.3) is 5.69 Å². The van der Waals surface area contributed by atoms with E-state index in [0.29, 0.717) is 54.1 Å². The number of nitro benzene ring substituents is 1. The maximum atomic E-state index is 11.3. The lowest BCUT2D eigenvalue weighted by Gasteiger charge is -2.09. The summed E-state index contributed by atoms with van der Waals surface area (Å²) in [5.74, 6) is 0.546. The molecule has 1 heterocycles. The summed E-state index contributed by atoms with van der Waals surface area (Å²) in [6.45, 7) is 2.15. The van der Waals surface area contributed by atoms with Crippen LogP contribution in [-0.4, -0.2) is 35.2 Å². The first-order valence-corrected chi connectivity index (χ1v) is 8.88. The van der Waals surface area contributed by atoms with Crippen LogP contribution in [0.2, 0.25) is 0 Å². The van der Waals surface area contributed by atoms with E-state index in [-0.39, 0.29) is 17.0 Å². The first kappa shape index (κ1) is 20.5. The van der Waals surface area contributed by atoms with Gasteiger partial charge in [0.2, 0.25) is 5.88 Å². The zero-order chi connectivity index (χ0) is 19.8. The number of hydrogen-bond acceptors (Lipinski definition) is 7. The summed E-state index contributed by atoms with van der Waals surface area (Å²) in [7, 11) is 0. The minimum absolute atomic E-state index is 0.0204. The van der Waals surface area contributed by atoms with Crippen LogP contribution >= 0.6 is 15.9 Å². The van der Waals surface area contributed by atoms with Crippen molar-refractivity contribution in [1.82, 2.24) is 4.98 Å². The molecule has 0 amide bonds. The van der Waals surface area contributed by atoms with Crippen LogP contribution in [0.4, 0.5) is 5.69 Å². The van der Waals surface area contributed by atoms with Gasteiger partial charge in [0.1, 0.15) is 11.4 Å². The van der Waals surface area contributed by atoms with Crippen molar-refractivity contribution in [3.63, 3.8) is 0 Å². The molecule has 1 aromatic heterocycles. The van der Waals surface area contributed by atoms with Gasteiger partial charge in [0, 0.05) is 13.0 Å². The highest BCUT2D eigenvalue weighted by atomic mass is 79.9. The molecule has 0 saturated carbocycles.